The maximum absolute atomic E-state index is 11.9. The molecule has 1 aliphatic heterocycles. The molecule has 16 heavy (non-hydrogen) atoms. The molecule has 1 atom stereocenters. The van der Waals surface area contributed by atoms with Crippen LogP contribution < -0.4 is 5.73 Å². The first-order chi connectivity index (χ1) is 7.54. The van der Waals surface area contributed by atoms with Crippen LogP contribution in [0.1, 0.15) is 13.3 Å². The third-order valence-electron chi connectivity index (χ3n) is 2.70. The molecule has 0 radical (unpaired) electrons. The highest BCUT2D eigenvalue weighted by molar-refractivity contribution is 7.80. The predicted octanol–water partition coefficient (Wildman–Crippen LogP) is -0.401. The normalized spacial score (nSPS) is 18.1. The first-order valence-corrected chi connectivity index (χ1v) is 5.72. The Morgan fingerprint density at radius 3 is 2.44 bits per heavy atom. The van der Waals surface area contributed by atoms with Crippen LogP contribution in [0.4, 0.5) is 0 Å². The highest BCUT2D eigenvalue weighted by Crippen LogP contribution is 2.10. The summed E-state index contributed by atoms with van der Waals surface area (Å²) in [6, 6.07) is 0. The van der Waals surface area contributed by atoms with E-state index in [9.17, 15) is 9.59 Å². The number of hydrogen-bond acceptors (Lipinski definition) is 3. The lowest BCUT2D eigenvalue weighted by molar-refractivity contribution is -0.138. The minimum atomic E-state index is -0.166. The van der Waals surface area contributed by atoms with Gasteiger partial charge in [-0.1, -0.05) is 19.1 Å². The lowest BCUT2D eigenvalue weighted by atomic mass is 10.1. The number of amides is 2. The molecule has 0 aromatic carbocycles. The summed E-state index contributed by atoms with van der Waals surface area (Å²) in [6.07, 6.45) is 1.27. The Bertz CT molecular complexity index is 288. The fourth-order valence-electron chi connectivity index (χ4n) is 1.75. The van der Waals surface area contributed by atoms with Crippen LogP contribution >= 0.6 is 12.2 Å². The summed E-state index contributed by atoms with van der Waals surface area (Å²) in [5.74, 6) is -0.0985. The van der Waals surface area contributed by atoms with E-state index >= 15 is 0 Å². The molecular weight excluding hydrogens is 226 g/mol. The van der Waals surface area contributed by atoms with E-state index in [2.05, 4.69) is 0 Å². The molecule has 90 valence electrons. The average Bonchev–Trinajstić information content (AvgIpc) is 2.27. The van der Waals surface area contributed by atoms with Gasteiger partial charge in [-0.2, -0.15) is 0 Å². The summed E-state index contributed by atoms with van der Waals surface area (Å²) >= 11 is 4.78. The Kier molecular flexibility index (Phi) is 4.67. The summed E-state index contributed by atoms with van der Waals surface area (Å²) in [6.45, 7) is 4.23. The molecule has 1 rings (SSSR count). The van der Waals surface area contributed by atoms with Crippen molar-refractivity contribution in [3.63, 3.8) is 0 Å². The van der Waals surface area contributed by atoms with Gasteiger partial charge in [-0.15, -0.1) is 0 Å². The van der Waals surface area contributed by atoms with Gasteiger partial charge < -0.3 is 15.5 Å². The van der Waals surface area contributed by atoms with E-state index in [1.807, 2.05) is 6.92 Å². The van der Waals surface area contributed by atoms with Crippen molar-refractivity contribution in [1.82, 2.24) is 9.80 Å². The van der Waals surface area contributed by atoms with Gasteiger partial charge in [-0.05, 0) is 0 Å². The van der Waals surface area contributed by atoms with Gasteiger partial charge in [0.1, 0.15) is 0 Å². The van der Waals surface area contributed by atoms with Crippen molar-refractivity contribution in [2.45, 2.75) is 13.3 Å². The van der Waals surface area contributed by atoms with Gasteiger partial charge in [0, 0.05) is 38.5 Å². The standard InChI is InChI=1S/C10H17N3O2S/c1-8(6-9(11)16)10(15)13-4-2-12(7-14)3-5-13/h7-8H,2-6H2,1H3,(H2,11,16). The fourth-order valence-corrected chi connectivity index (χ4v) is 2.00. The Balaban J connectivity index is 2.43. The molecule has 1 aliphatic rings. The second-order valence-electron chi connectivity index (χ2n) is 4.04. The van der Waals surface area contributed by atoms with E-state index in [1.54, 1.807) is 9.80 Å². The van der Waals surface area contributed by atoms with Gasteiger partial charge in [0.2, 0.25) is 12.3 Å². The molecule has 1 heterocycles. The maximum Gasteiger partial charge on any atom is 0.225 e. The number of thiocarbonyl (C=S) groups is 1. The van der Waals surface area contributed by atoms with Gasteiger partial charge in [0.15, 0.2) is 0 Å². The van der Waals surface area contributed by atoms with Crippen LogP contribution in [0.25, 0.3) is 0 Å². The minimum absolute atomic E-state index is 0.0679. The van der Waals surface area contributed by atoms with Crippen LogP contribution in [-0.2, 0) is 9.59 Å². The number of carbonyl (C=O) groups is 2. The number of nitrogens with zero attached hydrogens (tertiary/aromatic N) is 2. The highest BCUT2D eigenvalue weighted by Gasteiger charge is 2.24. The van der Waals surface area contributed by atoms with Gasteiger partial charge in [-0.25, -0.2) is 0 Å². The molecule has 5 nitrogen and oxygen atoms in total. The molecular formula is C10H17N3O2S. The molecule has 6 heteroatoms. The number of piperazine rings is 1. The van der Waals surface area contributed by atoms with Crippen LogP contribution in [-0.4, -0.2) is 53.3 Å². The Labute approximate surface area is 101 Å². The van der Waals surface area contributed by atoms with Crippen molar-refractivity contribution >= 4 is 29.5 Å². The summed E-state index contributed by atoms with van der Waals surface area (Å²) in [5.41, 5.74) is 5.41. The lowest BCUT2D eigenvalue weighted by Crippen LogP contribution is -2.49. The molecule has 2 N–H and O–H groups in total. The zero-order valence-corrected chi connectivity index (χ0v) is 10.2. The highest BCUT2D eigenvalue weighted by atomic mass is 32.1. The van der Waals surface area contributed by atoms with Crippen LogP contribution in [0.3, 0.4) is 0 Å². The summed E-state index contributed by atoms with van der Waals surface area (Å²) in [5, 5.41) is 0. The largest absolute Gasteiger partial charge is 0.393 e. The molecule has 0 bridgehead atoms. The first-order valence-electron chi connectivity index (χ1n) is 5.31. The zero-order valence-electron chi connectivity index (χ0n) is 9.39. The van der Waals surface area contributed by atoms with Crippen LogP contribution in [0, 0.1) is 5.92 Å². The molecule has 2 amide bonds. The third kappa shape index (κ3) is 3.44. The van der Waals surface area contributed by atoms with Crippen molar-refractivity contribution in [3.05, 3.63) is 0 Å². The summed E-state index contributed by atoms with van der Waals surface area (Å²) in [4.78, 5) is 26.2. The van der Waals surface area contributed by atoms with Crippen molar-refractivity contribution in [2.24, 2.45) is 11.7 Å². The second kappa shape index (κ2) is 5.79. The van der Waals surface area contributed by atoms with E-state index in [0.29, 0.717) is 37.6 Å². The van der Waals surface area contributed by atoms with Crippen molar-refractivity contribution in [2.75, 3.05) is 26.2 Å². The summed E-state index contributed by atoms with van der Waals surface area (Å²) < 4.78 is 0. The SMILES string of the molecule is CC(CC(N)=S)C(=O)N1CCN(C=O)CC1. The Morgan fingerprint density at radius 1 is 1.44 bits per heavy atom. The molecule has 1 saturated heterocycles. The first kappa shape index (κ1) is 12.9. The fraction of sp³-hybridized carbons (Fsp3) is 0.700. The number of carbonyl (C=O) groups excluding carboxylic acids is 2. The van der Waals surface area contributed by atoms with Gasteiger partial charge in [0.25, 0.3) is 0 Å². The Hall–Kier alpha value is -1.17. The molecule has 0 aliphatic carbocycles. The Morgan fingerprint density at radius 2 is 2.00 bits per heavy atom. The van der Waals surface area contributed by atoms with Gasteiger partial charge in [0.05, 0.1) is 4.99 Å². The number of hydrogen-bond donors (Lipinski definition) is 1. The van der Waals surface area contributed by atoms with E-state index in [1.165, 1.54) is 0 Å². The zero-order chi connectivity index (χ0) is 12.1. The molecule has 1 unspecified atom stereocenters. The quantitative estimate of drug-likeness (QED) is 0.539. The predicted molar refractivity (Wildman–Crippen MR) is 64.8 cm³/mol. The van der Waals surface area contributed by atoms with Crippen molar-refractivity contribution in [3.8, 4) is 0 Å². The molecule has 0 aromatic rings. The maximum atomic E-state index is 11.9. The van der Waals surface area contributed by atoms with Crippen LogP contribution in [0.15, 0.2) is 0 Å². The van der Waals surface area contributed by atoms with Crippen LogP contribution in [0.2, 0.25) is 0 Å². The van der Waals surface area contributed by atoms with Crippen molar-refractivity contribution in [1.29, 1.82) is 0 Å². The third-order valence-corrected chi connectivity index (χ3v) is 2.87. The molecule has 0 aromatic heterocycles. The van der Waals surface area contributed by atoms with E-state index < -0.39 is 0 Å². The lowest BCUT2D eigenvalue weighted by Gasteiger charge is -2.34. The van der Waals surface area contributed by atoms with E-state index in [-0.39, 0.29) is 11.8 Å². The molecule has 0 saturated carbocycles. The van der Waals surface area contributed by atoms with Crippen LogP contribution in [0.5, 0.6) is 0 Å². The minimum Gasteiger partial charge on any atom is -0.393 e. The summed E-state index contributed by atoms with van der Waals surface area (Å²) in [7, 11) is 0. The monoisotopic (exact) mass is 243 g/mol. The van der Waals surface area contributed by atoms with Gasteiger partial charge in [-0.3, -0.25) is 9.59 Å². The molecule has 0 spiro atoms. The molecule has 1 fully saturated rings. The topological polar surface area (TPSA) is 66.6 Å². The smallest absolute Gasteiger partial charge is 0.225 e. The van der Waals surface area contributed by atoms with Gasteiger partial charge >= 0.3 is 0 Å². The van der Waals surface area contributed by atoms with E-state index in [0.717, 1.165) is 6.41 Å². The number of rotatable bonds is 4. The second-order valence-corrected chi connectivity index (χ2v) is 4.56. The van der Waals surface area contributed by atoms with E-state index in [4.69, 9.17) is 18.0 Å². The average molecular weight is 243 g/mol. The number of nitrogens with two attached hydrogens (primary N) is 1. The van der Waals surface area contributed by atoms with Crippen molar-refractivity contribution < 1.29 is 9.59 Å².